The summed E-state index contributed by atoms with van der Waals surface area (Å²) in [5, 5.41) is 13.9. The zero-order valence-corrected chi connectivity index (χ0v) is 10.3. The van der Waals surface area contributed by atoms with Crippen molar-refractivity contribution in [2.75, 3.05) is 5.32 Å². The predicted octanol–water partition coefficient (Wildman–Crippen LogP) is 3.52. The second kappa shape index (κ2) is 5.30. The fraction of sp³-hybridized carbons (Fsp3) is 0. The molecular formula is C14H10N2OS. The van der Waals surface area contributed by atoms with Crippen molar-refractivity contribution in [2.24, 2.45) is 0 Å². The normalized spacial score (nSPS) is 9.50. The minimum atomic E-state index is -0.218. The lowest BCUT2D eigenvalue weighted by Gasteiger charge is -2.03. The second-order valence-corrected chi connectivity index (χ2v) is 4.47. The summed E-state index contributed by atoms with van der Waals surface area (Å²) in [5.41, 5.74) is 1.99. The van der Waals surface area contributed by atoms with Crippen LogP contribution in [0.3, 0.4) is 0 Å². The summed E-state index contributed by atoms with van der Waals surface area (Å²) in [7, 11) is 0. The third-order valence-electron chi connectivity index (χ3n) is 2.42. The molecule has 0 bridgehead atoms. The van der Waals surface area contributed by atoms with E-state index in [0.717, 1.165) is 5.56 Å². The molecule has 0 fully saturated rings. The van der Waals surface area contributed by atoms with Crippen LogP contribution in [0.2, 0.25) is 0 Å². The molecule has 0 saturated heterocycles. The zero-order valence-electron chi connectivity index (χ0n) is 9.51. The van der Waals surface area contributed by atoms with Gasteiger partial charge in [-0.15, -0.1) is 11.3 Å². The lowest BCUT2D eigenvalue weighted by Crippen LogP contribution is -2.11. The van der Waals surface area contributed by atoms with Crippen molar-refractivity contribution in [3.8, 4) is 6.07 Å². The number of anilines is 1. The first kappa shape index (κ1) is 12.1. The molecule has 18 heavy (non-hydrogen) atoms. The summed E-state index contributed by atoms with van der Waals surface area (Å²) in [5.74, 6) is -0.218. The van der Waals surface area contributed by atoms with Gasteiger partial charge in [-0.05, 0) is 29.1 Å². The molecule has 1 amide bonds. The number of amides is 1. The third kappa shape index (κ3) is 2.47. The van der Waals surface area contributed by atoms with Crippen molar-refractivity contribution in [1.29, 1.82) is 5.26 Å². The molecule has 0 unspecified atom stereocenters. The molecule has 88 valence electrons. The number of nitrogens with zero attached hydrogens (tertiary/aromatic N) is 1. The number of benzene rings is 1. The van der Waals surface area contributed by atoms with Gasteiger partial charge in [-0.25, -0.2) is 0 Å². The molecule has 4 heteroatoms. The van der Waals surface area contributed by atoms with Crippen LogP contribution in [-0.4, -0.2) is 5.91 Å². The van der Waals surface area contributed by atoms with Gasteiger partial charge in [-0.3, -0.25) is 4.79 Å². The molecule has 1 N–H and O–H groups in total. The van der Waals surface area contributed by atoms with Crippen LogP contribution < -0.4 is 5.32 Å². The fourth-order valence-electron chi connectivity index (χ4n) is 1.44. The van der Waals surface area contributed by atoms with Gasteiger partial charge in [0.05, 0.1) is 5.56 Å². The van der Waals surface area contributed by atoms with Crippen LogP contribution in [0.15, 0.2) is 42.3 Å². The number of nitriles is 1. The molecule has 0 radical (unpaired) electrons. The molecule has 0 atom stereocenters. The Morgan fingerprint density at radius 2 is 2.06 bits per heavy atom. The molecule has 2 aromatic rings. The van der Waals surface area contributed by atoms with Crippen LogP contribution in [-0.2, 0) is 0 Å². The quantitative estimate of drug-likeness (QED) is 0.911. The number of hydrogen-bond acceptors (Lipinski definition) is 3. The Bertz CT molecular complexity index is 620. The SMILES string of the molecule is C=Cc1ccc(C(=O)Nc2sccc2C#N)cc1. The van der Waals surface area contributed by atoms with Crippen molar-refractivity contribution in [3.63, 3.8) is 0 Å². The van der Waals surface area contributed by atoms with E-state index in [1.807, 2.05) is 18.2 Å². The van der Waals surface area contributed by atoms with Gasteiger partial charge in [-0.2, -0.15) is 5.26 Å². The smallest absolute Gasteiger partial charge is 0.256 e. The number of thiophene rings is 1. The Morgan fingerprint density at radius 3 is 2.67 bits per heavy atom. The molecule has 0 aliphatic rings. The van der Waals surface area contributed by atoms with Gasteiger partial charge in [0, 0.05) is 5.56 Å². The highest BCUT2D eigenvalue weighted by molar-refractivity contribution is 7.14. The van der Waals surface area contributed by atoms with E-state index in [0.29, 0.717) is 16.1 Å². The zero-order chi connectivity index (χ0) is 13.0. The first-order valence-electron chi connectivity index (χ1n) is 5.26. The first-order valence-corrected chi connectivity index (χ1v) is 6.14. The van der Waals surface area contributed by atoms with E-state index in [2.05, 4.69) is 11.9 Å². The number of carbonyl (C=O) groups excluding carboxylic acids is 1. The van der Waals surface area contributed by atoms with Gasteiger partial charge in [0.25, 0.3) is 5.91 Å². The number of rotatable bonds is 3. The predicted molar refractivity (Wildman–Crippen MR) is 73.5 cm³/mol. The second-order valence-electron chi connectivity index (χ2n) is 3.56. The van der Waals surface area contributed by atoms with Crippen LogP contribution in [0.25, 0.3) is 6.08 Å². The maximum absolute atomic E-state index is 11.9. The highest BCUT2D eigenvalue weighted by atomic mass is 32.1. The molecular weight excluding hydrogens is 244 g/mol. The summed E-state index contributed by atoms with van der Waals surface area (Å²) >= 11 is 1.33. The molecule has 1 aromatic carbocycles. The van der Waals surface area contributed by atoms with Crippen LogP contribution in [0.4, 0.5) is 5.00 Å². The van der Waals surface area contributed by atoms with Gasteiger partial charge in [0.1, 0.15) is 11.1 Å². The standard InChI is InChI=1S/C14H10N2OS/c1-2-10-3-5-11(6-4-10)13(17)16-14-12(9-15)7-8-18-14/h2-8H,1H2,(H,16,17). The third-order valence-corrected chi connectivity index (χ3v) is 3.25. The summed E-state index contributed by atoms with van der Waals surface area (Å²) in [4.78, 5) is 11.9. The van der Waals surface area contributed by atoms with Crippen molar-refractivity contribution in [2.45, 2.75) is 0 Å². The Labute approximate surface area is 109 Å². The van der Waals surface area contributed by atoms with E-state index in [4.69, 9.17) is 5.26 Å². The van der Waals surface area contributed by atoms with Crippen LogP contribution in [0, 0.1) is 11.3 Å². The minimum Gasteiger partial charge on any atom is -0.312 e. The Morgan fingerprint density at radius 1 is 1.33 bits per heavy atom. The maximum Gasteiger partial charge on any atom is 0.256 e. The largest absolute Gasteiger partial charge is 0.312 e. The van der Waals surface area contributed by atoms with Gasteiger partial charge in [-0.1, -0.05) is 24.8 Å². The molecule has 0 aliphatic heterocycles. The van der Waals surface area contributed by atoms with Crippen molar-refractivity contribution < 1.29 is 4.79 Å². The topological polar surface area (TPSA) is 52.9 Å². The summed E-state index contributed by atoms with van der Waals surface area (Å²) in [6.45, 7) is 3.65. The van der Waals surface area contributed by atoms with Crippen LogP contribution >= 0.6 is 11.3 Å². The molecule has 1 heterocycles. The summed E-state index contributed by atoms with van der Waals surface area (Å²) < 4.78 is 0. The number of hydrogen-bond donors (Lipinski definition) is 1. The van der Waals surface area contributed by atoms with E-state index in [1.165, 1.54) is 11.3 Å². The van der Waals surface area contributed by atoms with Crippen molar-refractivity contribution in [3.05, 3.63) is 59.0 Å². The Kier molecular flexibility index (Phi) is 3.56. The van der Waals surface area contributed by atoms with E-state index in [-0.39, 0.29) is 5.91 Å². The molecule has 1 aromatic heterocycles. The van der Waals surface area contributed by atoms with Crippen molar-refractivity contribution >= 4 is 28.3 Å². The fourth-order valence-corrected chi connectivity index (χ4v) is 2.17. The van der Waals surface area contributed by atoms with E-state index in [9.17, 15) is 4.79 Å². The monoisotopic (exact) mass is 254 g/mol. The summed E-state index contributed by atoms with van der Waals surface area (Å²) in [6, 6.07) is 10.8. The van der Waals surface area contributed by atoms with Crippen LogP contribution in [0.5, 0.6) is 0 Å². The van der Waals surface area contributed by atoms with Gasteiger partial charge in [0.15, 0.2) is 0 Å². The highest BCUT2D eigenvalue weighted by Crippen LogP contribution is 2.22. The van der Waals surface area contributed by atoms with Gasteiger partial charge in [0.2, 0.25) is 0 Å². The molecule has 0 spiro atoms. The van der Waals surface area contributed by atoms with E-state index in [1.54, 1.807) is 29.7 Å². The Hall–Kier alpha value is -2.38. The molecule has 0 aliphatic carbocycles. The average Bonchev–Trinajstić information content (AvgIpc) is 2.86. The van der Waals surface area contributed by atoms with Gasteiger partial charge < -0.3 is 5.32 Å². The lowest BCUT2D eigenvalue weighted by atomic mass is 10.1. The van der Waals surface area contributed by atoms with E-state index >= 15 is 0 Å². The highest BCUT2D eigenvalue weighted by Gasteiger charge is 2.09. The lowest BCUT2D eigenvalue weighted by molar-refractivity contribution is 0.102. The number of carbonyl (C=O) groups is 1. The molecule has 0 saturated carbocycles. The van der Waals surface area contributed by atoms with Gasteiger partial charge >= 0.3 is 0 Å². The Balaban J connectivity index is 2.17. The number of nitrogens with one attached hydrogen (secondary N) is 1. The minimum absolute atomic E-state index is 0.218. The molecule has 3 nitrogen and oxygen atoms in total. The molecule has 2 rings (SSSR count). The van der Waals surface area contributed by atoms with Crippen LogP contribution in [0.1, 0.15) is 21.5 Å². The maximum atomic E-state index is 11.9. The average molecular weight is 254 g/mol. The van der Waals surface area contributed by atoms with E-state index < -0.39 is 0 Å². The summed E-state index contributed by atoms with van der Waals surface area (Å²) in [6.07, 6.45) is 1.72. The van der Waals surface area contributed by atoms with Crippen molar-refractivity contribution in [1.82, 2.24) is 0 Å². The first-order chi connectivity index (χ1) is 8.74.